The number of rotatable bonds is 3. The third kappa shape index (κ3) is 2.36. The molecule has 68 valence electrons. The summed E-state index contributed by atoms with van der Waals surface area (Å²) in [6, 6.07) is 8.92. The minimum atomic E-state index is -0.718. The van der Waals surface area contributed by atoms with Crippen molar-refractivity contribution in [2.75, 3.05) is 0 Å². The molecule has 2 nitrogen and oxygen atoms in total. The maximum atomic E-state index is 11.0. The van der Waals surface area contributed by atoms with Crippen LogP contribution in [0.5, 0.6) is 0 Å². The fourth-order valence-electron chi connectivity index (χ4n) is 1.12. The number of carbonyl (C=O) groups excluding carboxylic acids is 1. The van der Waals surface area contributed by atoms with Crippen LogP contribution >= 0.6 is 12.6 Å². The van der Waals surface area contributed by atoms with Crippen LogP contribution in [0.2, 0.25) is 0 Å². The fourth-order valence-corrected chi connectivity index (χ4v) is 1.42. The highest BCUT2D eigenvalue weighted by molar-refractivity contribution is 7.96. The van der Waals surface area contributed by atoms with Gasteiger partial charge >= 0.3 is 0 Å². The molecule has 0 aliphatic carbocycles. The van der Waals surface area contributed by atoms with Crippen LogP contribution in [0.25, 0.3) is 0 Å². The monoisotopic (exact) mass is 194 g/mol. The first-order chi connectivity index (χ1) is 6.13. The summed E-state index contributed by atoms with van der Waals surface area (Å²) in [5.74, 6) is -0.893. The van der Waals surface area contributed by atoms with Gasteiger partial charge in [-0.15, -0.1) is 12.6 Å². The van der Waals surface area contributed by atoms with Crippen molar-refractivity contribution in [2.45, 2.75) is 5.92 Å². The second-order valence-corrected chi connectivity index (χ2v) is 3.11. The molecule has 1 atom stereocenters. The Bertz CT molecular complexity index is 305. The van der Waals surface area contributed by atoms with Gasteiger partial charge in [0.15, 0.2) is 0 Å². The van der Waals surface area contributed by atoms with Crippen molar-refractivity contribution in [3.05, 3.63) is 48.2 Å². The molecule has 3 heteroatoms. The fraction of sp³-hybridized carbons (Fsp3) is 0.100. The molecule has 1 aromatic carbocycles. The Labute approximate surface area is 82.3 Å². The topological polar surface area (TPSA) is 37.3 Å². The van der Waals surface area contributed by atoms with Crippen LogP contribution in [-0.4, -0.2) is 10.2 Å². The lowest BCUT2D eigenvalue weighted by atomic mass is 9.99. The summed E-state index contributed by atoms with van der Waals surface area (Å²) in [5, 5.41) is 8.77. The molecule has 1 N–H and O–H groups in total. The summed E-state index contributed by atoms with van der Waals surface area (Å²) in [5.41, 5.74) is 0.704. The van der Waals surface area contributed by atoms with Crippen molar-refractivity contribution >= 4 is 17.7 Å². The van der Waals surface area contributed by atoms with Crippen LogP contribution in [0.4, 0.5) is 0 Å². The molecule has 0 heterocycles. The van der Waals surface area contributed by atoms with E-state index < -0.39 is 11.0 Å². The number of hydrogen-bond acceptors (Lipinski definition) is 2. The summed E-state index contributed by atoms with van der Waals surface area (Å²) in [6.45, 7) is 3.34. The lowest BCUT2D eigenvalue weighted by molar-refractivity contribution is -0.111. The van der Waals surface area contributed by atoms with Gasteiger partial charge in [0.25, 0.3) is 0 Å². The first-order valence-electron chi connectivity index (χ1n) is 3.78. The van der Waals surface area contributed by atoms with E-state index >= 15 is 0 Å². The molecule has 0 aliphatic rings. The highest BCUT2D eigenvalue weighted by Crippen LogP contribution is 2.23. The van der Waals surface area contributed by atoms with Crippen LogP contribution in [-0.2, 0) is 4.79 Å². The van der Waals surface area contributed by atoms with Gasteiger partial charge in [-0.2, -0.15) is 0 Å². The average molecular weight is 194 g/mol. The van der Waals surface area contributed by atoms with Gasteiger partial charge in [-0.25, -0.2) is 0 Å². The summed E-state index contributed by atoms with van der Waals surface area (Å²) in [7, 11) is 0. The highest BCUT2D eigenvalue weighted by Gasteiger charge is 2.19. The maximum absolute atomic E-state index is 11.0. The molecule has 0 saturated heterocycles. The van der Waals surface area contributed by atoms with Gasteiger partial charge in [0.05, 0.1) is 0 Å². The van der Waals surface area contributed by atoms with Crippen LogP contribution in [0.1, 0.15) is 11.5 Å². The number of allylic oxidation sites excluding steroid dienone is 1. The van der Waals surface area contributed by atoms with Gasteiger partial charge in [0.2, 0.25) is 5.12 Å². The first kappa shape index (κ1) is 9.86. The molecule has 13 heavy (non-hydrogen) atoms. The van der Waals surface area contributed by atoms with E-state index in [9.17, 15) is 9.90 Å². The third-order valence-corrected chi connectivity index (χ3v) is 1.97. The molecule has 1 aromatic rings. The minimum absolute atomic E-state index is 0.175. The smallest absolute Gasteiger partial charge is 0.200 e. The largest absolute Gasteiger partial charge is 0.512 e. The van der Waals surface area contributed by atoms with Crippen molar-refractivity contribution in [1.82, 2.24) is 0 Å². The van der Waals surface area contributed by atoms with Gasteiger partial charge in [-0.3, -0.25) is 4.79 Å². The van der Waals surface area contributed by atoms with Crippen LogP contribution in [0.3, 0.4) is 0 Å². The third-order valence-electron chi connectivity index (χ3n) is 1.71. The molecule has 0 bridgehead atoms. The number of thiol groups is 1. The normalized spacial score (nSPS) is 12.1. The Kier molecular flexibility index (Phi) is 3.14. The molecule has 0 fully saturated rings. The second-order valence-electron chi connectivity index (χ2n) is 2.67. The van der Waals surface area contributed by atoms with Crippen molar-refractivity contribution < 1.29 is 9.90 Å². The van der Waals surface area contributed by atoms with E-state index in [-0.39, 0.29) is 5.76 Å². The van der Waals surface area contributed by atoms with Gasteiger partial charge in [0.1, 0.15) is 11.7 Å². The Morgan fingerprint density at radius 3 is 2.31 bits per heavy atom. The van der Waals surface area contributed by atoms with E-state index in [1.807, 2.05) is 6.07 Å². The second kappa shape index (κ2) is 4.14. The zero-order valence-corrected chi connectivity index (χ0v) is 7.87. The highest BCUT2D eigenvalue weighted by atomic mass is 32.1. The van der Waals surface area contributed by atoms with Gasteiger partial charge in [0, 0.05) is 0 Å². The lowest BCUT2D eigenvalue weighted by Gasteiger charge is -2.10. The van der Waals surface area contributed by atoms with Gasteiger partial charge in [-0.1, -0.05) is 36.9 Å². The van der Waals surface area contributed by atoms with Gasteiger partial charge in [-0.05, 0) is 5.56 Å². The Morgan fingerprint density at radius 1 is 1.38 bits per heavy atom. The molecule has 1 rings (SSSR count). The zero-order chi connectivity index (χ0) is 9.84. The molecule has 1 unspecified atom stereocenters. The van der Waals surface area contributed by atoms with E-state index in [1.54, 1.807) is 24.3 Å². The standard InChI is InChI=1S/C10H10O2S/c1-7(11)9(10(12)13)8-5-3-2-4-6-8/h2-6,9,11H,1H2,(H,12,13). The van der Waals surface area contributed by atoms with E-state index in [2.05, 4.69) is 19.2 Å². The van der Waals surface area contributed by atoms with Gasteiger partial charge < -0.3 is 5.11 Å². The summed E-state index contributed by atoms with van der Waals surface area (Å²) in [6.07, 6.45) is 0. The summed E-state index contributed by atoms with van der Waals surface area (Å²) >= 11 is 3.68. The van der Waals surface area contributed by atoms with Crippen LogP contribution in [0, 0.1) is 0 Å². The predicted molar refractivity (Wildman–Crippen MR) is 54.9 cm³/mol. The van der Waals surface area contributed by atoms with Crippen molar-refractivity contribution in [3.8, 4) is 0 Å². The Hall–Kier alpha value is -1.22. The molecule has 0 aliphatic heterocycles. The molecule has 0 spiro atoms. The number of carbonyl (C=O) groups is 1. The molecule has 0 aromatic heterocycles. The molecular formula is C10H10O2S. The van der Waals surface area contributed by atoms with Crippen molar-refractivity contribution in [3.63, 3.8) is 0 Å². The Balaban J connectivity index is 3.03. The summed E-state index contributed by atoms with van der Waals surface area (Å²) in [4.78, 5) is 11.0. The number of aliphatic hydroxyl groups is 1. The van der Waals surface area contributed by atoms with E-state index in [0.29, 0.717) is 5.56 Å². The first-order valence-corrected chi connectivity index (χ1v) is 4.23. The average Bonchev–Trinajstić information content (AvgIpc) is 2.04. The quantitative estimate of drug-likeness (QED) is 0.572. The number of benzene rings is 1. The maximum Gasteiger partial charge on any atom is 0.200 e. The van der Waals surface area contributed by atoms with Crippen LogP contribution < -0.4 is 0 Å². The summed E-state index contributed by atoms with van der Waals surface area (Å²) < 4.78 is 0. The van der Waals surface area contributed by atoms with Crippen molar-refractivity contribution in [1.29, 1.82) is 0 Å². The van der Waals surface area contributed by atoms with E-state index in [4.69, 9.17) is 0 Å². The lowest BCUT2D eigenvalue weighted by Crippen LogP contribution is -2.08. The molecule has 0 saturated carbocycles. The SMILES string of the molecule is C=C(O)C(C(=O)S)c1ccccc1. The van der Waals surface area contributed by atoms with E-state index in [1.165, 1.54) is 0 Å². The molecule has 0 radical (unpaired) electrons. The minimum Gasteiger partial charge on any atom is -0.512 e. The molecule has 0 amide bonds. The number of aliphatic hydroxyl groups excluding tert-OH is 1. The number of hydrogen-bond donors (Lipinski definition) is 2. The Morgan fingerprint density at radius 2 is 1.92 bits per heavy atom. The van der Waals surface area contributed by atoms with Crippen molar-refractivity contribution in [2.24, 2.45) is 0 Å². The molecular weight excluding hydrogens is 184 g/mol. The van der Waals surface area contributed by atoms with Crippen LogP contribution in [0.15, 0.2) is 42.7 Å². The van der Waals surface area contributed by atoms with E-state index in [0.717, 1.165) is 0 Å². The predicted octanol–water partition coefficient (Wildman–Crippen LogP) is 2.30. The zero-order valence-electron chi connectivity index (χ0n) is 6.97.